The van der Waals surface area contributed by atoms with Gasteiger partial charge in [0.15, 0.2) is 0 Å². The molecular weight excluding hydrogens is 116 g/mol. The highest BCUT2D eigenvalue weighted by Gasteiger charge is 2.47. The summed E-state index contributed by atoms with van der Waals surface area (Å²) < 4.78 is 0. The highest BCUT2D eigenvalue weighted by molar-refractivity contribution is 6.01. The van der Waals surface area contributed by atoms with E-state index in [0.29, 0.717) is 24.4 Å². The van der Waals surface area contributed by atoms with E-state index in [2.05, 4.69) is 0 Å². The van der Waals surface area contributed by atoms with Gasteiger partial charge in [0.2, 0.25) is 0 Å². The van der Waals surface area contributed by atoms with E-state index in [9.17, 15) is 9.59 Å². The van der Waals surface area contributed by atoms with Crippen molar-refractivity contribution in [2.24, 2.45) is 11.8 Å². The molecule has 0 aromatic rings. The Labute approximate surface area is 53.2 Å². The average Bonchev–Trinajstić information content (AvgIpc) is 2.07. The molecule has 2 nitrogen and oxygen atoms in total. The van der Waals surface area contributed by atoms with Crippen LogP contribution in [-0.4, -0.2) is 11.6 Å². The van der Waals surface area contributed by atoms with Gasteiger partial charge in [-0.25, -0.2) is 0 Å². The van der Waals surface area contributed by atoms with Gasteiger partial charge >= 0.3 is 0 Å². The topological polar surface area (TPSA) is 34.1 Å². The first-order valence-electron chi connectivity index (χ1n) is 3.34. The van der Waals surface area contributed by atoms with Gasteiger partial charge in [-0.1, -0.05) is 0 Å². The molecular formula is C7H8O2. The zero-order chi connectivity index (χ0) is 6.43. The SMILES string of the molecule is O=C1CC2C(=O)CCC12. The van der Waals surface area contributed by atoms with Crippen LogP contribution >= 0.6 is 0 Å². The molecule has 0 aromatic carbocycles. The summed E-state index contributed by atoms with van der Waals surface area (Å²) in [5.74, 6) is 0.931. The highest BCUT2D eigenvalue weighted by atomic mass is 16.1. The van der Waals surface area contributed by atoms with E-state index in [4.69, 9.17) is 0 Å². The highest BCUT2D eigenvalue weighted by Crippen LogP contribution is 2.41. The minimum absolute atomic E-state index is 0.150. The fourth-order valence-electron chi connectivity index (χ4n) is 1.76. The molecule has 2 rings (SSSR count). The molecule has 2 aliphatic rings. The van der Waals surface area contributed by atoms with E-state index in [1.807, 2.05) is 0 Å². The third-order valence-corrected chi connectivity index (χ3v) is 2.44. The Hall–Kier alpha value is -0.660. The van der Waals surface area contributed by atoms with Crippen molar-refractivity contribution in [3.8, 4) is 0 Å². The van der Waals surface area contributed by atoms with E-state index in [1.165, 1.54) is 0 Å². The summed E-state index contributed by atoms with van der Waals surface area (Å²) in [4.78, 5) is 21.5. The Morgan fingerprint density at radius 2 is 1.89 bits per heavy atom. The van der Waals surface area contributed by atoms with Crippen LogP contribution < -0.4 is 0 Å². The van der Waals surface area contributed by atoms with E-state index in [1.54, 1.807) is 0 Å². The lowest BCUT2D eigenvalue weighted by Crippen LogP contribution is -2.35. The summed E-state index contributed by atoms with van der Waals surface area (Å²) in [6.45, 7) is 0. The van der Waals surface area contributed by atoms with Gasteiger partial charge in [-0.15, -0.1) is 0 Å². The summed E-state index contributed by atoms with van der Waals surface area (Å²) in [6.07, 6.45) is 2.03. The van der Waals surface area contributed by atoms with Crippen LogP contribution in [0.2, 0.25) is 0 Å². The van der Waals surface area contributed by atoms with Crippen molar-refractivity contribution in [2.75, 3.05) is 0 Å². The predicted octanol–water partition coefficient (Wildman–Crippen LogP) is 0.554. The van der Waals surface area contributed by atoms with Gasteiger partial charge in [-0.3, -0.25) is 9.59 Å². The summed E-state index contributed by atoms with van der Waals surface area (Å²) in [7, 11) is 0. The zero-order valence-corrected chi connectivity index (χ0v) is 5.09. The fraction of sp³-hybridized carbons (Fsp3) is 0.714. The Kier molecular flexibility index (Phi) is 0.821. The van der Waals surface area contributed by atoms with E-state index >= 15 is 0 Å². The average molecular weight is 124 g/mol. The molecule has 0 heterocycles. The largest absolute Gasteiger partial charge is 0.299 e. The van der Waals surface area contributed by atoms with Crippen LogP contribution in [0.1, 0.15) is 19.3 Å². The molecule has 0 amide bonds. The molecule has 0 spiro atoms. The second kappa shape index (κ2) is 1.43. The fourth-order valence-corrected chi connectivity index (χ4v) is 1.76. The number of carbonyl (C=O) groups is 2. The molecule has 2 aliphatic carbocycles. The van der Waals surface area contributed by atoms with Crippen molar-refractivity contribution >= 4 is 11.6 Å². The van der Waals surface area contributed by atoms with Crippen LogP contribution in [0, 0.1) is 11.8 Å². The van der Waals surface area contributed by atoms with Crippen LogP contribution in [0.4, 0.5) is 0 Å². The molecule has 2 atom stereocenters. The lowest BCUT2D eigenvalue weighted by molar-refractivity contribution is -0.138. The van der Waals surface area contributed by atoms with Crippen LogP contribution in [0.3, 0.4) is 0 Å². The van der Waals surface area contributed by atoms with Crippen molar-refractivity contribution < 1.29 is 9.59 Å². The first kappa shape index (κ1) is 5.15. The molecule has 0 saturated heterocycles. The third kappa shape index (κ3) is 0.506. The minimum atomic E-state index is 0.150. The van der Waals surface area contributed by atoms with Crippen molar-refractivity contribution in [1.29, 1.82) is 0 Å². The van der Waals surface area contributed by atoms with Crippen molar-refractivity contribution in [1.82, 2.24) is 0 Å². The monoisotopic (exact) mass is 124 g/mol. The van der Waals surface area contributed by atoms with Gasteiger partial charge in [0.1, 0.15) is 11.6 Å². The molecule has 9 heavy (non-hydrogen) atoms. The summed E-state index contributed by atoms with van der Waals surface area (Å²) in [6, 6.07) is 0. The lowest BCUT2D eigenvalue weighted by Gasteiger charge is -2.26. The van der Waals surface area contributed by atoms with Crippen molar-refractivity contribution in [3.05, 3.63) is 0 Å². The molecule has 48 valence electrons. The van der Waals surface area contributed by atoms with E-state index in [0.717, 1.165) is 6.42 Å². The van der Waals surface area contributed by atoms with Crippen molar-refractivity contribution in [2.45, 2.75) is 19.3 Å². The van der Waals surface area contributed by atoms with E-state index < -0.39 is 0 Å². The first-order chi connectivity index (χ1) is 4.29. The molecule has 0 radical (unpaired) electrons. The van der Waals surface area contributed by atoms with Crippen LogP contribution in [0.15, 0.2) is 0 Å². The molecule has 0 bridgehead atoms. The second-order valence-corrected chi connectivity index (χ2v) is 2.89. The number of Topliss-reactive ketones (excluding diaryl/α,β-unsaturated/α-hetero) is 2. The van der Waals surface area contributed by atoms with Gasteiger partial charge in [-0.2, -0.15) is 0 Å². The van der Waals surface area contributed by atoms with E-state index in [-0.39, 0.29) is 11.8 Å². The summed E-state index contributed by atoms with van der Waals surface area (Å²) >= 11 is 0. The minimum Gasteiger partial charge on any atom is -0.299 e. The summed E-state index contributed by atoms with van der Waals surface area (Å²) in [5.41, 5.74) is 0. The number of hydrogen-bond acceptors (Lipinski definition) is 2. The first-order valence-corrected chi connectivity index (χ1v) is 3.34. The maximum atomic E-state index is 10.8. The Morgan fingerprint density at radius 3 is 2.33 bits per heavy atom. The van der Waals surface area contributed by atoms with Crippen molar-refractivity contribution in [3.63, 3.8) is 0 Å². The van der Waals surface area contributed by atoms with Gasteiger partial charge in [-0.05, 0) is 6.42 Å². The maximum absolute atomic E-state index is 10.8. The van der Waals surface area contributed by atoms with Gasteiger partial charge in [0.05, 0.1) is 0 Å². The molecule has 2 saturated carbocycles. The Balaban J connectivity index is 2.20. The maximum Gasteiger partial charge on any atom is 0.137 e. The summed E-state index contributed by atoms with van der Waals surface area (Å²) in [5, 5.41) is 0. The second-order valence-electron chi connectivity index (χ2n) is 2.89. The number of fused-ring (bicyclic) bond motifs is 1. The smallest absolute Gasteiger partial charge is 0.137 e. The standard InChI is InChI=1S/C7H8O2/c8-6-2-1-4-5(6)3-7(4)9/h4-5H,1-3H2. The molecule has 2 fully saturated rings. The Morgan fingerprint density at radius 1 is 1.11 bits per heavy atom. The van der Waals surface area contributed by atoms with Gasteiger partial charge in [0, 0.05) is 24.7 Å². The lowest BCUT2D eigenvalue weighted by atomic mass is 9.75. The normalized spacial score (nSPS) is 40.4. The van der Waals surface area contributed by atoms with Crippen LogP contribution in [0.5, 0.6) is 0 Å². The number of ketones is 2. The van der Waals surface area contributed by atoms with Gasteiger partial charge in [0.25, 0.3) is 0 Å². The molecule has 0 N–H and O–H groups in total. The number of hydrogen-bond donors (Lipinski definition) is 0. The third-order valence-electron chi connectivity index (χ3n) is 2.44. The molecule has 0 aromatic heterocycles. The zero-order valence-electron chi connectivity index (χ0n) is 5.09. The molecule has 2 heteroatoms. The molecule has 2 unspecified atom stereocenters. The number of rotatable bonds is 0. The predicted molar refractivity (Wildman–Crippen MR) is 30.8 cm³/mol. The van der Waals surface area contributed by atoms with Gasteiger partial charge < -0.3 is 0 Å². The molecule has 0 aliphatic heterocycles. The number of carbonyl (C=O) groups excluding carboxylic acids is 2. The van der Waals surface area contributed by atoms with Crippen LogP contribution in [0.25, 0.3) is 0 Å². The Bertz CT molecular complexity index is 183. The van der Waals surface area contributed by atoms with Crippen LogP contribution in [-0.2, 0) is 9.59 Å². The quantitative estimate of drug-likeness (QED) is 0.472.